The van der Waals surface area contributed by atoms with Gasteiger partial charge >= 0.3 is 0 Å². The number of benzene rings is 1. The largest absolute Gasteiger partial charge is 0.356 e. The Morgan fingerprint density at radius 1 is 1.17 bits per heavy atom. The fourth-order valence-corrected chi connectivity index (χ4v) is 4.42. The summed E-state index contributed by atoms with van der Waals surface area (Å²) in [4.78, 5) is 0.227. The van der Waals surface area contributed by atoms with Crippen molar-refractivity contribution >= 4 is 21.6 Å². The molecule has 1 saturated carbocycles. The average Bonchev–Trinajstić information content (AvgIpc) is 3.00. The minimum atomic E-state index is -3.54. The van der Waals surface area contributed by atoms with Crippen LogP contribution >= 0.6 is 11.6 Å². The van der Waals surface area contributed by atoms with Crippen molar-refractivity contribution in [3.8, 4) is 0 Å². The summed E-state index contributed by atoms with van der Waals surface area (Å²) < 4.78 is 38.3. The number of halogens is 1. The highest BCUT2D eigenvalue weighted by Crippen LogP contribution is 2.42. The third-order valence-electron chi connectivity index (χ3n) is 4.55. The number of hydrogen-bond acceptors (Lipinski definition) is 4. The number of hydrogen-bond donors (Lipinski definition) is 1. The van der Waals surface area contributed by atoms with Crippen LogP contribution in [0.1, 0.15) is 32.1 Å². The molecule has 1 fully saturated rings. The Morgan fingerprint density at radius 3 is 2.26 bits per heavy atom. The lowest BCUT2D eigenvalue weighted by Gasteiger charge is -2.32. The van der Waals surface area contributed by atoms with E-state index in [1.54, 1.807) is 26.4 Å². The zero-order valence-corrected chi connectivity index (χ0v) is 15.1. The van der Waals surface area contributed by atoms with Crippen LogP contribution in [-0.2, 0) is 19.5 Å². The topological polar surface area (TPSA) is 64.6 Å². The van der Waals surface area contributed by atoms with Crippen molar-refractivity contribution in [2.45, 2.75) is 43.3 Å². The van der Waals surface area contributed by atoms with E-state index in [1.807, 2.05) is 0 Å². The third-order valence-corrected chi connectivity index (χ3v) is 6.22. The first kappa shape index (κ1) is 18.7. The second-order valence-corrected chi connectivity index (χ2v) is 8.29. The van der Waals surface area contributed by atoms with E-state index in [1.165, 1.54) is 12.1 Å². The number of methoxy groups -OCH3 is 2. The van der Waals surface area contributed by atoms with E-state index in [4.69, 9.17) is 21.1 Å². The molecule has 0 radical (unpaired) electrons. The molecule has 0 aromatic heterocycles. The molecule has 7 heteroatoms. The summed E-state index contributed by atoms with van der Waals surface area (Å²) in [5.74, 6) is 0. The second kappa shape index (κ2) is 7.94. The first-order valence-corrected chi connectivity index (χ1v) is 9.58. The van der Waals surface area contributed by atoms with Crippen LogP contribution in [-0.4, -0.2) is 35.5 Å². The Labute approximate surface area is 143 Å². The first-order valence-electron chi connectivity index (χ1n) is 7.72. The molecule has 5 nitrogen and oxygen atoms in total. The van der Waals surface area contributed by atoms with Crippen LogP contribution in [0.2, 0.25) is 5.02 Å². The minimum absolute atomic E-state index is 0.115. The Hall–Kier alpha value is -0.660. The molecule has 2 rings (SSSR count). The van der Waals surface area contributed by atoms with Crippen molar-refractivity contribution in [3.63, 3.8) is 0 Å². The molecule has 23 heavy (non-hydrogen) atoms. The molecule has 0 atom stereocenters. The maximum Gasteiger partial charge on any atom is 0.240 e. The van der Waals surface area contributed by atoms with E-state index < -0.39 is 10.0 Å². The van der Waals surface area contributed by atoms with E-state index >= 15 is 0 Å². The molecule has 1 N–H and O–H groups in total. The van der Waals surface area contributed by atoms with Crippen LogP contribution in [0, 0.1) is 5.41 Å². The predicted octanol–water partition coefficient (Wildman–Crippen LogP) is 3.19. The van der Waals surface area contributed by atoms with Gasteiger partial charge in [0.2, 0.25) is 10.0 Å². The summed E-state index contributed by atoms with van der Waals surface area (Å²) in [6.45, 7) is 0.390. The Kier molecular flexibility index (Phi) is 6.45. The molecule has 130 valence electrons. The molecule has 0 spiro atoms. The smallest absolute Gasteiger partial charge is 0.240 e. The zero-order valence-electron chi connectivity index (χ0n) is 13.5. The van der Waals surface area contributed by atoms with Gasteiger partial charge in [-0.3, -0.25) is 0 Å². The fraction of sp³-hybridized carbons (Fsp3) is 0.625. The Morgan fingerprint density at radius 2 is 1.74 bits per heavy atom. The highest BCUT2D eigenvalue weighted by atomic mass is 35.5. The zero-order chi connectivity index (χ0) is 16.9. The van der Waals surface area contributed by atoms with Gasteiger partial charge in [-0.2, -0.15) is 0 Å². The normalized spacial score (nSPS) is 17.7. The van der Waals surface area contributed by atoms with Crippen molar-refractivity contribution in [1.29, 1.82) is 0 Å². The lowest BCUT2D eigenvalue weighted by Crippen LogP contribution is -2.38. The predicted molar refractivity (Wildman–Crippen MR) is 90.0 cm³/mol. The monoisotopic (exact) mass is 361 g/mol. The van der Waals surface area contributed by atoms with Gasteiger partial charge in [0.25, 0.3) is 0 Å². The number of rotatable bonds is 8. The molecule has 1 aromatic carbocycles. The van der Waals surface area contributed by atoms with E-state index in [2.05, 4.69) is 4.72 Å². The van der Waals surface area contributed by atoms with Crippen LogP contribution in [0.3, 0.4) is 0 Å². The lowest BCUT2D eigenvalue weighted by molar-refractivity contribution is -0.124. The lowest BCUT2D eigenvalue weighted by atomic mass is 9.82. The quantitative estimate of drug-likeness (QED) is 0.722. The standard InChI is InChI=1S/C16H24ClNO4S/c1-21-15(22-2)11-16(9-3-4-10-16)12-18-23(19,20)14-7-5-13(17)6-8-14/h5-8,15,18H,3-4,9-12H2,1-2H3. The van der Waals surface area contributed by atoms with Gasteiger partial charge in [0.05, 0.1) is 4.90 Å². The van der Waals surface area contributed by atoms with E-state index in [0.29, 0.717) is 18.0 Å². The summed E-state index contributed by atoms with van der Waals surface area (Å²) in [6, 6.07) is 6.18. The molecule has 0 aliphatic heterocycles. The molecule has 0 amide bonds. The van der Waals surface area contributed by atoms with Crippen molar-refractivity contribution in [2.75, 3.05) is 20.8 Å². The number of sulfonamides is 1. The Balaban J connectivity index is 2.07. The average molecular weight is 362 g/mol. The van der Waals surface area contributed by atoms with Crippen molar-refractivity contribution in [1.82, 2.24) is 4.72 Å². The van der Waals surface area contributed by atoms with E-state index in [-0.39, 0.29) is 16.6 Å². The number of ether oxygens (including phenoxy) is 2. The summed E-state index contributed by atoms with van der Waals surface area (Å²) >= 11 is 5.81. The molecule has 0 saturated heterocycles. The molecule has 1 aliphatic rings. The summed E-state index contributed by atoms with van der Waals surface area (Å²) in [7, 11) is -0.330. The molecular formula is C16H24ClNO4S. The minimum Gasteiger partial charge on any atom is -0.356 e. The fourth-order valence-electron chi connectivity index (χ4n) is 3.14. The van der Waals surface area contributed by atoms with E-state index in [0.717, 1.165) is 25.7 Å². The SMILES string of the molecule is COC(CC1(CNS(=O)(=O)c2ccc(Cl)cc2)CCCC1)OC. The molecular weight excluding hydrogens is 338 g/mol. The van der Waals surface area contributed by atoms with Crippen LogP contribution < -0.4 is 4.72 Å². The molecule has 0 bridgehead atoms. The van der Waals surface area contributed by atoms with Crippen molar-refractivity contribution in [2.24, 2.45) is 5.41 Å². The van der Waals surface area contributed by atoms with Gasteiger partial charge in [-0.1, -0.05) is 24.4 Å². The van der Waals surface area contributed by atoms with Gasteiger partial charge in [-0.25, -0.2) is 13.1 Å². The summed E-state index contributed by atoms with van der Waals surface area (Å²) in [5.41, 5.74) is -0.115. The van der Waals surface area contributed by atoms with Crippen LogP contribution in [0.25, 0.3) is 0 Å². The molecule has 1 aliphatic carbocycles. The molecule has 0 heterocycles. The third kappa shape index (κ3) is 4.90. The van der Waals surface area contributed by atoms with Crippen molar-refractivity contribution < 1.29 is 17.9 Å². The van der Waals surface area contributed by atoms with E-state index in [9.17, 15) is 8.42 Å². The van der Waals surface area contributed by atoms with Crippen LogP contribution in [0.5, 0.6) is 0 Å². The van der Waals surface area contributed by atoms with Gasteiger partial charge in [0, 0.05) is 32.2 Å². The van der Waals surface area contributed by atoms with Gasteiger partial charge in [0.15, 0.2) is 6.29 Å². The molecule has 1 aromatic rings. The van der Waals surface area contributed by atoms with Gasteiger partial charge in [0.1, 0.15) is 0 Å². The maximum absolute atomic E-state index is 12.5. The second-order valence-electron chi connectivity index (χ2n) is 6.09. The van der Waals surface area contributed by atoms with Gasteiger partial charge in [-0.15, -0.1) is 0 Å². The number of nitrogens with one attached hydrogen (secondary N) is 1. The Bertz CT molecular complexity index is 593. The van der Waals surface area contributed by atoms with Crippen LogP contribution in [0.4, 0.5) is 0 Å². The molecule has 0 unspecified atom stereocenters. The highest BCUT2D eigenvalue weighted by molar-refractivity contribution is 7.89. The summed E-state index contributed by atoms with van der Waals surface area (Å²) in [5, 5.41) is 0.513. The summed E-state index contributed by atoms with van der Waals surface area (Å²) in [6.07, 6.45) is 4.51. The van der Waals surface area contributed by atoms with Crippen LogP contribution in [0.15, 0.2) is 29.2 Å². The first-order chi connectivity index (χ1) is 10.9. The van der Waals surface area contributed by atoms with Gasteiger partial charge in [-0.05, 0) is 42.5 Å². The van der Waals surface area contributed by atoms with Crippen molar-refractivity contribution in [3.05, 3.63) is 29.3 Å². The maximum atomic E-state index is 12.5. The highest BCUT2D eigenvalue weighted by Gasteiger charge is 2.37. The van der Waals surface area contributed by atoms with Gasteiger partial charge < -0.3 is 9.47 Å².